The molecule has 1 aromatic heterocycles. The zero-order valence-electron chi connectivity index (χ0n) is 19.9. The number of carbonyl (C=O) groups excluding carboxylic acids is 1. The SMILES string of the molecule is COc1ccc(NC(=O)c2c(NCc3cc(OC)c(OC)cc3OC)sc3c2CCCC3)cc1. The van der Waals surface area contributed by atoms with E-state index >= 15 is 0 Å². The number of anilines is 2. The molecule has 1 aliphatic carbocycles. The van der Waals surface area contributed by atoms with Gasteiger partial charge in [-0.05, 0) is 61.6 Å². The predicted molar refractivity (Wildman–Crippen MR) is 135 cm³/mol. The smallest absolute Gasteiger partial charge is 0.258 e. The topological polar surface area (TPSA) is 78.1 Å². The largest absolute Gasteiger partial charge is 0.497 e. The number of hydrogen-bond acceptors (Lipinski definition) is 7. The van der Waals surface area contributed by atoms with Gasteiger partial charge in [-0.2, -0.15) is 0 Å². The summed E-state index contributed by atoms with van der Waals surface area (Å²) < 4.78 is 21.6. The molecule has 0 bridgehead atoms. The van der Waals surface area contributed by atoms with E-state index in [-0.39, 0.29) is 5.91 Å². The first-order valence-corrected chi connectivity index (χ1v) is 12.0. The van der Waals surface area contributed by atoms with Crippen LogP contribution >= 0.6 is 11.3 Å². The molecule has 1 heterocycles. The molecule has 0 fully saturated rings. The Bertz CT molecular complexity index is 1160. The predicted octanol–water partition coefficient (Wildman–Crippen LogP) is 5.53. The molecular formula is C26H30N2O5S. The molecule has 0 atom stereocenters. The van der Waals surface area contributed by atoms with Gasteiger partial charge in [0, 0.05) is 28.7 Å². The van der Waals surface area contributed by atoms with Crippen molar-refractivity contribution in [2.45, 2.75) is 32.2 Å². The molecule has 180 valence electrons. The number of aryl methyl sites for hydroxylation is 1. The van der Waals surface area contributed by atoms with E-state index in [1.165, 1.54) is 4.88 Å². The van der Waals surface area contributed by atoms with Crippen molar-refractivity contribution >= 4 is 27.9 Å². The first-order valence-electron chi connectivity index (χ1n) is 11.2. The molecule has 4 rings (SSSR count). The lowest BCUT2D eigenvalue weighted by Gasteiger charge is -2.16. The molecule has 7 nitrogen and oxygen atoms in total. The van der Waals surface area contributed by atoms with Crippen LogP contribution < -0.4 is 29.6 Å². The average Bonchev–Trinajstić information content (AvgIpc) is 3.25. The minimum absolute atomic E-state index is 0.105. The number of amides is 1. The first-order chi connectivity index (χ1) is 16.6. The number of carbonyl (C=O) groups is 1. The molecule has 34 heavy (non-hydrogen) atoms. The molecule has 0 radical (unpaired) electrons. The van der Waals surface area contributed by atoms with Crippen molar-refractivity contribution < 1.29 is 23.7 Å². The summed E-state index contributed by atoms with van der Waals surface area (Å²) in [4.78, 5) is 14.7. The minimum Gasteiger partial charge on any atom is -0.497 e. The maximum Gasteiger partial charge on any atom is 0.258 e. The molecule has 2 N–H and O–H groups in total. The van der Waals surface area contributed by atoms with Crippen molar-refractivity contribution in [3.05, 3.63) is 58.0 Å². The number of fused-ring (bicyclic) bond motifs is 1. The first kappa shape index (κ1) is 23.8. The van der Waals surface area contributed by atoms with Crippen LogP contribution in [0, 0.1) is 0 Å². The highest BCUT2D eigenvalue weighted by Gasteiger charge is 2.26. The fraction of sp³-hybridized carbons (Fsp3) is 0.346. The summed E-state index contributed by atoms with van der Waals surface area (Å²) in [5.74, 6) is 2.57. The second kappa shape index (κ2) is 10.7. The van der Waals surface area contributed by atoms with E-state index in [1.807, 2.05) is 36.4 Å². The van der Waals surface area contributed by atoms with Crippen LogP contribution in [0.4, 0.5) is 10.7 Å². The Morgan fingerprint density at radius 2 is 1.56 bits per heavy atom. The standard InChI is InChI=1S/C26H30N2O5S/c1-30-18-11-9-17(10-12-18)28-25(29)24-19-7-5-6-8-23(19)34-26(24)27-15-16-13-21(32-3)22(33-4)14-20(16)31-2/h9-14,27H,5-8,15H2,1-4H3,(H,28,29). The monoisotopic (exact) mass is 482 g/mol. The third-order valence-corrected chi connectivity index (χ3v) is 7.22. The molecule has 0 saturated heterocycles. The number of hydrogen-bond donors (Lipinski definition) is 2. The summed E-state index contributed by atoms with van der Waals surface area (Å²) in [6.45, 7) is 0.478. The Hall–Kier alpha value is -3.39. The van der Waals surface area contributed by atoms with Crippen molar-refractivity contribution in [1.82, 2.24) is 0 Å². The molecule has 3 aromatic rings. The Morgan fingerprint density at radius 1 is 0.882 bits per heavy atom. The summed E-state index contributed by atoms with van der Waals surface area (Å²) >= 11 is 1.67. The van der Waals surface area contributed by atoms with Crippen LogP contribution in [0.3, 0.4) is 0 Å². The van der Waals surface area contributed by atoms with E-state index < -0.39 is 0 Å². The lowest BCUT2D eigenvalue weighted by atomic mass is 9.95. The highest BCUT2D eigenvalue weighted by Crippen LogP contribution is 2.40. The van der Waals surface area contributed by atoms with Gasteiger partial charge in [-0.25, -0.2) is 0 Å². The number of methoxy groups -OCH3 is 4. The summed E-state index contributed by atoms with van der Waals surface area (Å²) in [6, 6.07) is 11.1. The molecule has 0 spiro atoms. The number of benzene rings is 2. The average molecular weight is 483 g/mol. The quantitative estimate of drug-likeness (QED) is 0.418. The van der Waals surface area contributed by atoms with E-state index in [2.05, 4.69) is 10.6 Å². The van der Waals surface area contributed by atoms with Gasteiger partial charge in [-0.15, -0.1) is 11.3 Å². The molecule has 0 aliphatic heterocycles. The zero-order chi connectivity index (χ0) is 24.1. The van der Waals surface area contributed by atoms with E-state index in [1.54, 1.807) is 39.8 Å². The second-order valence-electron chi connectivity index (χ2n) is 7.97. The molecule has 1 amide bonds. The van der Waals surface area contributed by atoms with Crippen LogP contribution in [0.2, 0.25) is 0 Å². The van der Waals surface area contributed by atoms with Gasteiger partial charge in [-0.3, -0.25) is 4.79 Å². The van der Waals surface area contributed by atoms with Crippen molar-refractivity contribution in [3.63, 3.8) is 0 Å². The van der Waals surface area contributed by atoms with Crippen molar-refractivity contribution in [2.24, 2.45) is 0 Å². The van der Waals surface area contributed by atoms with Gasteiger partial charge in [0.25, 0.3) is 5.91 Å². The normalized spacial score (nSPS) is 12.5. The van der Waals surface area contributed by atoms with Crippen LogP contribution in [0.1, 0.15) is 39.2 Å². The van der Waals surface area contributed by atoms with Crippen LogP contribution in [0.25, 0.3) is 0 Å². The number of nitrogens with one attached hydrogen (secondary N) is 2. The molecule has 8 heteroatoms. The van der Waals surface area contributed by atoms with Crippen molar-refractivity contribution in [1.29, 1.82) is 0 Å². The van der Waals surface area contributed by atoms with Crippen molar-refractivity contribution in [2.75, 3.05) is 39.1 Å². The van der Waals surface area contributed by atoms with Gasteiger partial charge in [0.15, 0.2) is 11.5 Å². The summed E-state index contributed by atoms with van der Waals surface area (Å²) in [5.41, 5.74) is 3.53. The Morgan fingerprint density at radius 3 is 2.24 bits per heavy atom. The number of rotatable bonds is 9. The number of thiophene rings is 1. The van der Waals surface area contributed by atoms with Gasteiger partial charge < -0.3 is 29.6 Å². The maximum absolute atomic E-state index is 13.4. The van der Waals surface area contributed by atoms with Gasteiger partial charge >= 0.3 is 0 Å². The van der Waals surface area contributed by atoms with E-state index in [9.17, 15) is 4.79 Å². The molecule has 2 aromatic carbocycles. The zero-order valence-corrected chi connectivity index (χ0v) is 20.8. The summed E-state index contributed by atoms with van der Waals surface area (Å²) in [5, 5.41) is 7.42. The second-order valence-corrected chi connectivity index (χ2v) is 9.08. The van der Waals surface area contributed by atoms with Crippen LogP contribution in [-0.2, 0) is 19.4 Å². The Balaban J connectivity index is 1.61. The van der Waals surface area contributed by atoms with Crippen LogP contribution in [0.5, 0.6) is 23.0 Å². The molecule has 0 saturated carbocycles. The summed E-state index contributed by atoms with van der Waals surface area (Å²) in [6.07, 6.45) is 4.16. The minimum atomic E-state index is -0.105. The van der Waals surface area contributed by atoms with Gasteiger partial charge in [0.05, 0.1) is 34.0 Å². The number of ether oxygens (including phenoxy) is 4. The van der Waals surface area contributed by atoms with Crippen LogP contribution in [-0.4, -0.2) is 34.3 Å². The van der Waals surface area contributed by atoms with E-state index in [4.69, 9.17) is 18.9 Å². The Labute approximate surface area is 204 Å². The molecule has 1 aliphatic rings. The van der Waals surface area contributed by atoms with Gasteiger partial charge in [-0.1, -0.05) is 0 Å². The van der Waals surface area contributed by atoms with Crippen molar-refractivity contribution in [3.8, 4) is 23.0 Å². The van der Waals surface area contributed by atoms with Crippen LogP contribution in [0.15, 0.2) is 36.4 Å². The fourth-order valence-electron chi connectivity index (χ4n) is 4.20. The third kappa shape index (κ3) is 4.92. The van der Waals surface area contributed by atoms with E-state index in [0.29, 0.717) is 23.8 Å². The lowest BCUT2D eigenvalue weighted by molar-refractivity contribution is 0.102. The summed E-state index contributed by atoms with van der Waals surface area (Å²) in [7, 11) is 6.45. The lowest BCUT2D eigenvalue weighted by Crippen LogP contribution is -2.16. The maximum atomic E-state index is 13.4. The Kier molecular flexibility index (Phi) is 7.47. The highest BCUT2D eigenvalue weighted by atomic mass is 32.1. The van der Waals surface area contributed by atoms with E-state index in [0.717, 1.165) is 58.8 Å². The molecular weight excluding hydrogens is 452 g/mol. The third-order valence-electron chi connectivity index (χ3n) is 5.97. The van der Waals surface area contributed by atoms with Gasteiger partial charge in [0.2, 0.25) is 0 Å². The highest BCUT2D eigenvalue weighted by molar-refractivity contribution is 7.16. The fourth-order valence-corrected chi connectivity index (χ4v) is 5.49. The molecule has 0 unspecified atom stereocenters. The van der Waals surface area contributed by atoms with Gasteiger partial charge in [0.1, 0.15) is 16.5 Å².